The van der Waals surface area contributed by atoms with Gasteiger partial charge in [-0.3, -0.25) is 10.1 Å². The van der Waals surface area contributed by atoms with Crippen LogP contribution >= 0.6 is 0 Å². The molecule has 0 fully saturated rings. The molecule has 10 heteroatoms. The van der Waals surface area contributed by atoms with Crippen LogP contribution in [0.3, 0.4) is 0 Å². The zero-order valence-corrected chi connectivity index (χ0v) is 24.9. The van der Waals surface area contributed by atoms with Gasteiger partial charge >= 0.3 is 6.09 Å². The van der Waals surface area contributed by atoms with Gasteiger partial charge in [-0.15, -0.1) is 0 Å². The number of aromatic hydroxyl groups is 1. The number of ether oxygens (including phenoxy) is 2. The van der Waals surface area contributed by atoms with Gasteiger partial charge < -0.3 is 24.7 Å². The van der Waals surface area contributed by atoms with Crippen LogP contribution in [0.2, 0.25) is 16.6 Å². The second kappa shape index (κ2) is 13.6. The number of hydrogen-bond donors (Lipinski definition) is 3. The quantitative estimate of drug-likeness (QED) is 0.183. The monoisotopic (exact) mass is 535 g/mol. The molecule has 0 aromatic heterocycles. The lowest BCUT2D eigenvalue weighted by Gasteiger charge is -2.42. The standard InChI is InChI=1S/C27H45N3O6Si/c1-17(2)37(18(3)4,19(5)6)34-16-20(7)35-23-14-21(13-22(31)15-23)25(32)30-24(28)11-12-29-26(33)36-27(8,9)10/h11-15,17-20,31H,16H2,1-10H3,(H,29,33)(H2,28,30,32)/b12-11-/t20-/m0/s1. The Morgan fingerprint density at radius 1 is 1.05 bits per heavy atom. The second-order valence-electron chi connectivity index (χ2n) is 11.1. The van der Waals surface area contributed by atoms with E-state index in [1.54, 1.807) is 20.8 Å². The van der Waals surface area contributed by atoms with Gasteiger partial charge in [-0.05, 0) is 62.5 Å². The summed E-state index contributed by atoms with van der Waals surface area (Å²) in [5, 5.41) is 12.5. The first-order valence-electron chi connectivity index (χ1n) is 12.7. The maximum absolute atomic E-state index is 12.6. The molecule has 9 nitrogen and oxygen atoms in total. The molecule has 1 atom stereocenters. The molecular formula is C27H45N3O6Si. The van der Waals surface area contributed by atoms with E-state index in [9.17, 15) is 14.7 Å². The number of phenols is 1. The zero-order valence-electron chi connectivity index (χ0n) is 23.9. The summed E-state index contributed by atoms with van der Waals surface area (Å²) in [5.74, 6) is -0.623. The number of phenolic OH excluding ortho intramolecular Hbond substituents is 1. The minimum absolute atomic E-state index is 0.106. The van der Waals surface area contributed by atoms with Crippen LogP contribution in [0.4, 0.5) is 4.79 Å². The summed E-state index contributed by atoms with van der Waals surface area (Å²) in [6.07, 6.45) is 1.53. The number of nitrogens with zero attached hydrogens (tertiary/aromatic N) is 1. The van der Waals surface area contributed by atoms with Crippen molar-refractivity contribution in [3.05, 3.63) is 36.0 Å². The van der Waals surface area contributed by atoms with E-state index in [1.807, 2.05) is 6.92 Å². The molecule has 0 saturated carbocycles. The Hall–Kier alpha value is -2.85. The maximum Gasteiger partial charge on any atom is 0.411 e. The molecule has 0 aliphatic carbocycles. The SMILES string of the molecule is CC(C)[Si](OC[C@H](C)Oc1cc(O)cc(C(=O)N=C(N)/C=C\NC(=O)OC(C)(C)C)c1)(C(C)C)C(C)C. The second-order valence-corrected chi connectivity index (χ2v) is 16.6. The minimum atomic E-state index is -2.05. The summed E-state index contributed by atoms with van der Waals surface area (Å²) in [5.41, 5.74) is 6.58. The van der Waals surface area contributed by atoms with Gasteiger partial charge in [0.25, 0.3) is 5.91 Å². The number of nitrogens with two attached hydrogens (primary N) is 1. The van der Waals surface area contributed by atoms with Crippen LogP contribution in [0, 0.1) is 0 Å². The topological polar surface area (TPSA) is 132 Å². The fourth-order valence-corrected chi connectivity index (χ4v) is 10.0. The van der Waals surface area contributed by atoms with E-state index in [0.29, 0.717) is 29.0 Å². The first-order valence-corrected chi connectivity index (χ1v) is 14.8. The summed E-state index contributed by atoms with van der Waals surface area (Å²) < 4.78 is 17.7. The Kier molecular flexibility index (Phi) is 11.8. The fourth-order valence-electron chi connectivity index (χ4n) is 4.52. The Labute approximate surface area is 222 Å². The van der Waals surface area contributed by atoms with Crippen molar-refractivity contribution in [2.24, 2.45) is 10.7 Å². The number of carbonyl (C=O) groups is 2. The largest absolute Gasteiger partial charge is 0.508 e. The smallest absolute Gasteiger partial charge is 0.411 e. The molecule has 0 heterocycles. The molecule has 1 aromatic carbocycles. The van der Waals surface area contributed by atoms with Crippen LogP contribution in [0.5, 0.6) is 11.5 Å². The molecule has 1 rings (SSSR count). The van der Waals surface area contributed by atoms with Gasteiger partial charge in [-0.1, -0.05) is 41.5 Å². The first kappa shape index (κ1) is 32.2. The highest BCUT2D eigenvalue weighted by Gasteiger charge is 2.45. The van der Waals surface area contributed by atoms with Crippen LogP contribution < -0.4 is 15.8 Å². The number of amidine groups is 1. The van der Waals surface area contributed by atoms with Crippen molar-refractivity contribution in [3.63, 3.8) is 0 Å². The molecule has 0 unspecified atom stereocenters. The number of benzene rings is 1. The van der Waals surface area contributed by atoms with Gasteiger partial charge in [0.1, 0.15) is 29.0 Å². The van der Waals surface area contributed by atoms with Crippen molar-refractivity contribution >= 4 is 26.2 Å². The van der Waals surface area contributed by atoms with E-state index >= 15 is 0 Å². The van der Waals surface area contributed by atoms with E-state index in [2.05, 4.69) is 51.9 Å². The third-order valence-electron chi connectivity index (χ3n) is 5.84. The van der Waals surface area contributed by atoms with Gasteiger partial charge in [0.05, 0.1) is 6.61 Å². The van der Waals surface area contributed by atoms with Crippen molar-refractivity contribution < 1.29 is 28.6 Å². The maximum atomic E-state index is 12.6. The molecule has 0 radical (unpaired) electrons. The van der Waals surface area contributed by atoms with Gasteiger partial charge in [0, 0.05) is 17.8 Å². The van der Waals surface area contributed by atoms with Crippen LogP contribution in [0.1, 0.15) is 79.6 Å². The van der Waals surface area contributed by atoms with Crippen LogP contribution in [0.15, 0.2) is 35.5 Å². The zero-order chi connectivity index (χ0) is 28.6. The van der Waals surface area contributed by atoms with Gasteiger partial charge in [-0.2, -0.15) is 4.99 Å². The van der Waals surface area contributed by atoms with Crippen molar-refractivity contribution in [1.29, 1.82) is 0 Å². The molecule has 1 aromatic rings. The Balaban J connectivity index is 2.89. The van der Waals surface area contributed by atoms with E-state index in [1.165, 1.54) is 30.5 Å². The molecule has 0 saturated heterocycles. The third-order valence-corrected chi connectivity index (χ3v) is 11.9. The summed E-state index contributed by atoms with van der Waals surface area (Å²) in [7, 11) is -2.05. The van der Waals surface area contributed by atoms with Gasteiger partial charge in [0.15, 0.2) is 0 Å². The number of rotatable bonds is 11. The molecule has 0 aliphatic rings. The van der Waals surface area contributed by atoms with Crippen molar-refractivity contribution in [2.75, 3.05) is 6.61 Å². The number of amides is 2. The summed E-state index contributed by atoms with van der Waals surface area (Å²) in [6.45, 7) is 20.8. The first-order chi connectivity index (χ1) is 17.0. The van der Waals surface area contributed by atoms with Crippen molar-refractivity contribution in [2.45, 2.75) is 97.6 Å². The van der Waals surface area contributed by atoms with Crippen molar-refractivity contribution in [1.82, 2.24) is 5.32 Å². The average Bonchev–Trinajstić information content (AvgIpc) is 2.71. The number of alkyl carbamates (subject to hydrolysis) is 1. The number of nitrogens with one attached hydrogen (secondary N) is 1. The van der Waals surface area contributed by atoms with E-state index in [0.717, 1.165) is 0 Å². The molecule has 2 amide bonds. The number of carbonyl (C=O) groups excluding carboxylic acids is 2. The molecule has 0 bridgehead atoms. The predicted octanol–water partition coefficient (Wildman–Crippen LogP) is 5.89. The van der Waals surface area contributed by atoms with E-state index in [-0.39, 0.29) is 23.3 Å². The Morgan fingerprint density at radius 2 is 1.62 bits per heavy atom. The lowest BCUT2D eigenvalue weighted by atomic mass is 10.2. The van der Waals surface area contributed by atoms with E-state index < -0.39 is 25.9 Å². The summed E-state index contributed by atoms with van der Waals surface area (Å²) in [4.78, 5) is 28.1. The molecule has 0 aliphatic heterocycles. The van der Waals surface area contributed by atoms with Gasteiger partial charge in [0.2, 0.25) is 8.32 Å². The Bertz CT molecular complexity index is 961. The fraction of sp³-hybridized carbons (Fsp3) is 0.593. The molecule has 0 spiro atoms. The minimum Gasteiger partial charge on any atom is -0.508 e. The number of hydrogen-bond acceptors (Lipinski definition) is 6. The van der Waals surface area contributed by atoms with Crippen molar-refractivity contribution in [3.8, 4) is 11.5 Å². The van der Waals surface area contributed by atoms with Crippen LogP contribution in [0.25, 0.3) is 0 Å². The number of aliphatic imine (C=N–C) groups is 1. The third kappa shape index (κ3) is 10.2. The lowest BCUT2D eigenvalue weighted by molar-refractivity contribution is 0.0552. The van der Waals surface area contributed by atoms with E-state index in [4.69, 9.17) is 19.6 Å². The predicted molar refractivity (Wildman–Crippen MR) is 150 cm³/mol. The van der Waals surface area contributed by atoms with Crippen LogP contribution in [-0.2, 0) is 9.16 Å². The molecule has 4 N–H and O–H groups in total. The summed E-state index contributed by atoms with van der Waals surface area (Å²) >= 11 is 0. The molecule has 208 valence electrons. The Morgan fingerprint density at radius 3 is 2.14 bits per heavy atom. The van der Waals surface area contributed by atoms with Gasteiger partial charge in [-0.25, -0.2) is 4.79 Å². The normalized spacial score (nSPS) is 13.9. The highest BCUT2D eigenvalue weighted by molar-refractivity contribution is 6.77. The summed E-state index contributed by atoms with van der Waals surface area (Å²) in [6, 6.07) is 4.21. The van der Waals surface area contributed by atoms with Crippen LogP contribution in [-0.4, -0.2) is 49.6 Å². The average molecular weight is 536 g/mol. The highest BCUT2D eigenvalue weighted by Crippen LogP contribution is 2.42. The lowest BCUT2D eigenvalue weighted by Crippen LogP contribution is -2.49. The highest BCUT2D eigenvalue weighted by atomic mass is 28.4. The molecular weight excluding hydrogens is 490 g/mol. The molecule has 37 heavy (non-hydrogen) atoms.